The molecule has 4 N–H and O–H groups in total. The molecule has 7 heteroatoms. The van der Waals surface area contributed by atoms with Crippen molar-refractivity contribution in [3.8, 4) is 5.75 Å². The molecule has 3 rings (SSSR count). The third kappa shape index (κ3) is 4.87. The fourth-order valence-electron chi connectivity index (χ4n) is 3.12. The average molecular weight is 408 g/mol. The predicted octanol–water partition coefficient (Wildman–Crippen LogP) is 2.76. The van der Waals surface area contributed by atoms with Crippen molar-refractivity contribution in [3.63, 3.8) is 0 Å². The molecule has 0 saturated carbocycles. The van der Waals surface area contributed by atoms with Gasteiger partial charge in [-0.3, -0.25) is 4.79 Å². The summed E-state index contributed by atoms with van der Waals surface area (Å²) < 4.78 is 5.96. The number of aliphatic hydroxyl groups is 1. The van der Waals surface area contributed by atoms with Crippen molar-refractivity contribution in [3.05, 3.63) is 89.1 Å². The quantitative estimate of drug-likeness (QED) is 0.649. The van der Waals surface area contributed by atoms with Gasteiger partial charge < -0.3 is 25.6 Å². The van der Waals surface area contributed by atoms with E-state index in [4.69, 9.17) is 10.5 Å². The van der Waals surface area contributed by atoms with Gasteiger partial charge in [-0.2, -0.15) is 0 Å². The summed E-state index contributed by atoms with van der Waals surface area (Å²) in [7, 11) is 0. The summed E-state index contributed by atoms with van der Waals surface area (Å²) in [6.45, 7) is 3.81. The maximum absolute atomic E-state index is 11.8. The van der Waals surface area contributed by atoms with Crippen LogP contribution in [0.15, 0.2) is 72.5 Å². The van der Waals surface area contributed by atoms with Crippen LogP contribution in [0.4, 0.5) is 0 Å². The number of carboxylic acid groups (broad SMARTS) is 1. The van der Waals surface area contributed by atoms with Gasteiger partial charge in [-0.25, -0.2) is 4.79 Å². The normalized spacial score (nSPS) is 16.2. The molecule has 0 saturated heterocycles. The van der Waals surface area contributed by atoms with E-state index >= 15 is 0 Å². The van der Waals surface area contributed by atoms with Crippen molar-refractivity contribution in [1.29, 1.82) is 0 Å². The van der Waals surface area contributed by atoms with Crippen molar-refractivity contribution < 1.29 is 24.5 Å². The molecule has 2 aromatic rings. The Bertz CT molecular complexity index is 1000. The Morgan fingerprint density at radius 3 is 2.47 bits per heavy atom. The Morgan fingerprint density at radius 2 is 1.87 bits per heavy atom. The molecule has 0 aromatic heterocycles. The molecule has 30 heavy (non-hydrogen) atoms. The van der Waals surface area contributed by atoms with Crippen LogP contribution < -0.4 is 10.5 Å². The van der Waals surface area contributed by atoms with Crippen LogP contribution in [-0.4, -0.2) is 33.2 Å². The van der Waals surface area contributed by atoms with Gasteiger partial charge >= 0.3 is 5.97 Å². The second-order valence-electron chi connectivity index (χ2n) is 7.56. The fraction of sp³-hybridized carbons (Fsp3) is 0.217. The van der Waals surface area contributed by atoms with Gasteiger partial charge in [-0.05, 0) is 55.3 Å². The van der Waals surface area contributed by atoms with Gasteiger partial charge in [-0.15, -0.1) is 0 Å². The summed E-state index contributed by atoms with van der Waals surface area (Å²) in [6, 6.07) is 13.7. The second kappa shape index (κ2) is 8.42. The lowest BCUT2D eigenvalue weighted by atomic mass is 9.97. The largest absolute Gasteiger partial charge is 0.478 e. The molecular weight excluding hydrogens is 384 g/mol. The zero-order chi connectivity index (χ0) is 21.9. The van der Waals surface area contributed by atoms with Crippen molar-refractivity contribution in [1.82, 2.24) is 4.90 Å². The Balaban J connectivity index is 1.86. The van der Waals surface area contributed by atoms with Gasteiger partial charge in [0.1, 0.15) is 5.75 Å². The number of primary amides is 1. The standard InChI is InChI=1S/C23H24N2O5/c1-23(2,29)17-10-8-15(9-11-17)14-25-12-4-7-19(22(27)28)21(25)30-18-6-3-5-16(13-18)20(24)26/h3-13,21,29H,14H2,1-2H3,(H2,24,26)(H,27,28). The van der Waals surface area contributed by atoms with E-state index in [2.05, 4.69) is 0 Å². The smallest absolute Gasteiger partial charge is 0.337 e. The minimum Gasteiger partial charge on any atom is -0.478 e. The molecule has 7 nitrogen and oxygen atoms in total. The number of rotatable bonds is 7. The molecule has 1 aliphatic heterocycles. The number of hydrogen-bond acceptors (Lipinski definition) is 5. The lowest BCUT2D eigenvalue weighted by Crippen LogP contribution is -2.40. The van der Waals surface area contributed by atoms with E-state index in [-0.39, 0.29) is 11.1 Å². The van der Waals surface area contributed by atoms with Crippen LogP contribution in [-0.2, 0) is 16.9 Å². The van der Waals surface area contributed by atoms with Gasteiger partial charge in [0.05, 0.1) is 11.2 Å². The van der Waals surface area contributed by atoms with Crippen LogP contribution in [0.1, 0.15) is 35.3 Å². The summed E-state index contributed by atoms with van der Waals surface area (Å²) in [4.78, 5) is 25.0. The number of carboxylic acids is 1. The molecule has 0 radical (unpaired) electrons. The molecular formula is C23H24N2O5. The topological polar surface area (TPSA) is 113 Å². The maximum Gasteiger partial charge on any atom is 0.337 e. The third-order valence-corrected chi connectivity index (χ3v) is 4.76. The number of aliphatic carboxylic acids is 1. The lowest BCUT2D eigenvalue weighted by molar-refractivity contribution is -0.134. The highest BCUT2D eigenvalue weighted by Gasteiger charge is 2.29. The molecule has 1 amide bonds. The monoisotopic (exact) mass is 408 g/mol. The first-order chi connectivity index (χ1) is 14.1. The van der Waals surface area contributed by atoms with E-state index in [0.717, 1.165) is 11.1 Å². The van der Waals surface area contributed by atoms with Crippen LogP contribution in [0.3, 0.4) is 0 Å². The highest BCUT2D eigenvalue weighted by Crippen LogP contribution is 2.26. The Labute approximate surface area is 174 Å². The van der Waals surface area contributed by atoms with Gasteiger partial charge in [0.25, 0.3) is 0 Å². The van der Waals surface area contributed by atoms with Crippen LogP contribution in [0.2, 0.25) is 0 Å². The van der Waals surface area contributed by atoms with E-state index in [1.54, 1.807) is 49.2 Å². The zero-order valence-corrected chi connectivity index (χ0v) is 16.8. The molecule has 1 aliphatic rings. The Hall–Kier alpha value is -3.58. The van der Waals surface area contributed by atoms with Gasteiger partial charge in [-0.1, -0.05) is 30.3 Å². The van der Waals surface area contributed by atoms with Crippen LogP contribution in [0, 0.1) is 0 Å². The number of allylic oxidation sites excluding steroid dienone is 2. The number of hydrogen-bond donors (Lipinski definition) is 3. The van der Waals surface area contributed by atoms with Gasteiger partial charge in [0.15, 0.2) is 0 Å². The van der Waals surface area contributed by atoms with E-state index < -0.39 is 23.7 Å². The highest BCUT2D eigenvalue weighted by molar-refractivity contribution is 5.93. The molecule has 1 unspecified atom stereocenters. The molecule has 1 atom stereocenters. The van der Waals surface area contributed by atoms with Crippen molar-refractivity contribution in [2.75, 3.05) is 0 Å². The molecule has 156 valence electrons. The van der Waals surface area contributed by atoms with E-state index in [1.165, 1.54) is 12.1 Å². The summed E-state index contributed by atoms with van der Waals surface area (Å²) in [5, 5.41) is 19.7. The van der Waals surface area contributed by atoms with Crippen LogP contribution >= 0.6 is 0 Å². The molecule has 0 bridgehead atoms. The number of ether oxygens (including phenoxy) is 1. The summed E-state index contributed by atoms with van der Waals surface area (Å²) in [6.07, 6.45) is 3.98. The first-order valence-corrected chi connectivity index (χ1v) is 9.41. The van der Waals surface area contributed by atoms with Crippen molar-refractivity contribution in [2.45, 2.75) is 32.2 Å². The zero-order valence-electron chi connectivity index (χ0n) is 16.8. The second-order valence-corrected chi connectivity index (χ2v) is 7.56. The molecule has 0 aliphatic carbocycles. The molecule has 2 aromatic carbocycles. The third-order valence-electron chi connectivity index (χ3n) is 4.76. The summed E-state index contributed by atoms with van der Waals surface area (Å²) >= 11 is 0. The minimum atomic E-state index is -1.10. The summed E-state index contributed by atoms with van der Waals surface area (Å²) in [5.74, 6) is -1.36. The Kier molecular flexibility index (Phi) is 5.94. The van der Waals surface area contributed by atoms with Gasteiger partial charge in [0.2, 0.25) is 12.1 Å². The predicted molar refractivity (Wildman–Crippen MR) is 111 cm³/mol. The van der Waals surface area contributed by atoms with Crippen LogP contribution in [0.25, 0.3) is 0 Å². The van der Waals surface area contributed by atoms with Crippen LogP contribution in [0.5, 0.6) is 5.75 Å². The first-order valence-electron chi connectivity index (χ1n) is 9.41. The van der Waals surface area contributed by atoms with E-state index in [0.29, 0.717) is 12.3 Å². The van der Waals surface area contributed by atoms with Gasteiger partial charge in [0, 0.05) is 18.3 Å². The Morgan fingerprint density at radius 1 is 1.17 bits per heavy atom. The number of benzene rings is 2. The van der Waals surface area contributed by atoms with Crippen molar-refractivity contribution in [2.24, 2.45) is 5.73 Å². The molecule has 0 spiro atoms. The molecule has 1 heterocycles. The van der Waals surface area contributed by atoms with Crippen molar-refractivity contribution >= 4 is 11.9 Å². The highest BCUT2D eigenvalue weighted by atomic mass is 16.5. The van der Waals surface area contributed by atoms with E-state index in [9.17, 15) is 19.8 Å². The number of amides is 1. The number of carbonyl (C=O) groups is 2. The fourth-order valence-corrected chi connectivity index (χ4v) is 3.12. The number of nitrogens with two attached hydrogens (primary N) is 1. The van der Waals surface area contributed by atoms with E-state index in [1.807, 2.05) is 24.3 Å². The summed E-state index contributed by atoms with van der Waals surface area (Å²) in [5.41, 5.74) is 6.41. The number of carbonyl (C=O) groups excluding carboxylic acids is 1. The average Bonchev–Trinajstić information content (AvgIpc) is 2.69. The first kappa shape index (κ1) is 21.1. The minimum absolute atomic E-state index is 0.0649. The SMILES string of the molecule is CC(C)(O)c1ccc(CN2C=CC=C(C(=O)O)C2Oc2cccc(C(N)=O)c2)cc1. The maximum atomic E-state index is 11.8. The lowest BCUT2D eigenvalue weighted by Gasteiger charge is -2.33. The number of nitrogens with zero attached hydrogens (tertiary/aromatic N) is 1. The molecule has 0 fully saturated rings.